The fraction of sp³-hybridized carbons (Fsp3) is 0. The van der Waals surface area contributed by atoms with Crippen LogP contribution in [-0.2, 0) is 0 Å². The van der Waals surface area contributed by atoms with Gasteiger partial charge in [0.15, 0.2) is 0 Å². The summed E-state index contributed by atoms with van der Waals surface area (Å²) in [7, 11) is 0. The minimum absolute atomic E-state index is 0.742. The van der Waals surface area contributed by atoms with E-state index >= 15 is 0 Å². The third-order valence-electron chi connectivity index (χ3n) is 2.46. The summed E-state index contributed by atoms with van der Waals surface area (Å²) in [5.41, 5.74) is 8.36. The second-order valence-electron chi connectivity index (χ2n) is 3.60. The molecule has 0 spiro atoms. The van der Waals surface area contributed by atoms with E-state index in [0.29, 0.717) is 0 Å². The molecular weight excluding hydrogens is 232 g/mol. The number of hydrogen-bond donors (Lipinski definition) is 1. The fourth-order valence-corrected chi connectivity index (χ4v) is 2.35. The smallest absolute Gasteiger partial charge is 0.104 e. The first-order valence-electron chi connectivity index (χ1n) is 5.15. The Kier molecular flexibility index (Phi) is 2.38. The van der Waals surface area contributed by atoms with Crippen molar-refractivity contribution in [2.75, 3.05) is 5.73 Å². The van der Waals surface area contributed by atoms with Crippen LogP contribution in [0.1, 0.15) is 0 Å². The van der Waals surface area contributed by atoms with Gasteiger partial charge in [-0.05, 0) is 35.7 Å². The van der Waals surface area contributed by atoms with Crippen LogP contribution in [0.4, 0.5) is 5.69 Å². The van der Waals surface area contributed by atoms with E-state index in [1.54, 1.807) is 17.5 Å². The third kappa shape index (κ3) is 1.81. The second kappa shape index (κ2) is 4.03. The topological polar surface area (TPSA) is 56.7 Å². The maximum absolute atomic E-state index is 5.67. The van der Waals surface area contributed by atoms with Crippen LogP contribution in [0.3, 0.4) is 0 Å². The predicted molar refractivity (Wildman–Crippen MR) is 69.1 cm³/mol. The van der Waals surface area contributed by atoms with Crippen molar-refractivity contribution in [1.29, 1.82) is 0 Å². The molecule has 3 rings (SSSR count). The van der Waals surface area contributed by atoms with Gasteiger partial charge in [-0.25, -0.2) is 4.68 Å². The van der Waals surface area contributed by atoms with Crippen molar-refractivity contribution in [3.63, 3.8) is 0 Å². The van der Waals surface area contributed by atoms with E-state index in [4.69, 9.17) is 5.73 Å². The molecule has 1 aromatic carbocycles. The first-order valence-corrected chi connectivity index (χ1v) is 6.03. The van der Waals surface area contributed by atoms with Crippen molar-refractivity contribution in [3.05, 3.63) is 48.0 Å². The molecule has 2 aromatic heterocycles. The van der Waals surface area contributed by atoms with Crippen LogP contribution in [0.15, 0.2) is 48.0 Å². The molecule has 2 N–H and O–H groups in total. The Labute approximate surface area is 102 Å². The minimum Gasteiger partial charge on any atom is -0.399 e. The Bertz CT molecular complexity index is 610. The maximum Gasteiger partial charge on any atom is 0.104 e. The molecule has 0 aliphatic carbocycles. The Balaban J connectivity index is 2.10. The molecule has 0 amide bonds. The molecule has 17 heavy (non-hydrogen) atoms. The number of thiophene rings is 1. The van der Waals surface area contributed by atoms with Crippen LogP contribution in [0.25, 0.3) is 16.3 Å². The summed E-state index contributed by atoms with van der Waals surface area (Å²) in [6.07, 6.45) is 1.77. The summed E-state index contributed by atoms with van der Waals surface area (Å²) in [5.74, 6) is 0. The maximum atomic E-state index is 5.67. The number of anilines is 1. The van der Waals surface area contributed by atoms with Gasteiger partial charge >= 0.3 is 0 Å². The Morgan fingerprint density at radius 1 is 1.12 bits per heavy atom. The third-order valence-corrected chi connectivity index (χ3v) is 3.35. The molecule has 84 valence electrons. The molecular formula is C12H10N4S. The minimum atomic E-state index is 0.742. The van der Waals surface area contributed by atoms with Gasteiger partial charge in [-0.2, -0.15) is 0 Å². The average Bonchev–Trinajstić information content (AvgIpc) is 3.00. The van der Waals surface area contributed by atoms with Crippen molar-refractivity contribution in [1.82, 2.24) is 15.0 Å². The molecule has 0 unspecified atom stereocenters. The molecule has 3 aromatic rings. The SMILES string of the molecule is Nc1ccc(-n2nncc2-c2cccs2)cc1. The van der Waals surface area contributed by atoms with E-state index in [-0.39, 0.29) is 0 Å². The lowest BCUT2D eigenvalue weighted by Gasteiger charge is -2.04. The molecule has 0 aliphatic heterocycles. The molecule has 0 saturated heterocycles. The van der Waals surface area contributed by atoms with Gasteiger partial charge in [-0.1, -0.05) is 11.3 Å². The van der Waals surface area contributed by atoms with Crippen LogP contribution < -0.4 is 5.73 Å². The Morgan fingerprint density at radius 3 is 2.65 bits per heavy atom. The summed E-state index contributed by atoms with van der Waals surface area (Å²) in [6.45, 7) is 0. The van der Waals surface area contributed by atoms with E-state index < -0.39 is 0 Å². The van der Waals surface area contributed by atoms with Crippen LogP contribution >= 0.6 is 11.3 Å². The molecule has 0 saturated carbocycles. The monoisotopic (exact) mass is 242 g/mol. The summed E-state index contributed by atoms with van der Waals surface area (Å²) in [6, 6.07) is 11.6. The predicted octanol–water partition coefficient (Wildman–Crippen LogP) is 2.58. The summed E-state index contributed by atoms with van der Waals surface area (Å²) < 4.78 is 1.81. The molecule has 5 heteroatoms. The van der Waals surface area contributed by atoms with Crippen molar-refractivity contribution in [3.8, 4) is 16.3 Å². The lowest BCUT2D eigenvalue weighted by Crippen LogP contribution is -1.98. The molecule has 0 atom stereocenters. The molecule has 0 fully saturated rings. The largest absolute Gasteiger partial charge is 0.399 e. The molecule has 0 bridgehead atoms. The summed E-state index contributed by atoms with van der Waals surface area (Å²) in [5, 5.41) is 10.1. The first-order chi connectivity index (χ1) is 8.34. The number of rotatable bonds is 2. The normalized spacial score (nSPS) is 10.6. The van der Waals surface area contributed by atoms with Crippen LogP contribution in [0.2, 0.25) is 0 Å². The number of benzene rings is 1. The zero-order valence-corrected chi connectivity index (χ0v) is 9.76. The van der Waals surface area contributed by atoms with Gasteiger partial charge in [0.2, 0.25) is 0 Å². The van der Waals surface area contributed by atoms with Gasteiger partial charge in [0.05, 0.1) is 16.8 Å². The highest BCUT2D eigenvalue weighted by Gasteiger charge is 2.08. The second-order valence-corrected chi connectivity index (χ2v) is 4.55. The van der Waals surface area contributed by atoms with Gasteiger partial charge in [0.25, 0.3) is 0 Å². The molecule has 4 nitrogen and oxygen atoms in total. The zero-order valence-electron chi connectivity index (χ0n) is 8.95. The van der Waals surface area contributed by atoms with Gasteiger partial charge in [-0.15, -0.1) is 16.4 Å². The fourth-order valence-electron chi connectivity index (χ4n) is 1.63. The number of hydrogen-bond acceptors (Lipinski definition) is 4. The standard InChI is InChI=1S/C12H10N4S/c13-9-3-5-10(6-4-9)16-11(8-14-15-16)12-2-1-7-17-12/h1-8H,13H2. The van der Waals surface area contributed by atoms with Gasteiger partial charge < -0.3 is 5.73 Å². The van der Waals surface area contributed by atoms with Gasteiger partial charge in [0, 0.05) is 5.69 Å². The quantitative estimate of drug-likeness (QED) is 0.703. The van der Waals surface area contributed by atoms with E-state index in [1.807, 2.05) is 40.4 Å². The van der Waals surface area contributed by atoms with E-state index in [2.05, 4.69) is 16.4 Å². The highest BCUT2D eigenvalue weighted by Crippen LogP contribution is 2.25. The average molecular weight is 242 g/mol. The van der Waals surface area contributed by atoms with E-state index in [9.17, 15) is 0 Å². The van der Waals surface area contributed by atoms with Crippen molar-refractivity contribution in [2.24, 2.45) is 0 Å². The highest BCUT2D eigenvalue weighted by molar-refractivity contribution is 7.13. The number of nitrogen functional groups attached to an aromatic ring is 1. The number of nitrogens with two attached hydrogens (primary N) is 1. The first kappa shape index (κ1) is 10.0. The molecule has 0 radical (unpaired) electrons. The molecule has 0 aliphatic rings. The summed E-state index contributed by atoms with van der Waals surface area (Å²) in [4.78, 5) is 1.15. The number of nitrogens with zero attached hydrogens (tertiary/aromatic N) is 3. The van der Waals surface area contributed by atoms with Crippen LogP contribution in [-0.4, -0.2) is 15.0 Å². The van der Waals surface area contributed by atoms with Crippen LogP contribution in [0, 0.1) is 0 Å². The number of aromatic nitrogens is 3. The van der Waals surface area contributed by atoms with Crippen molar-refractivity contribution < 1.29 is 0 Å². The van der Waals surface area contributed by atoms with Crippen LogP contribution in [0.5, 0.6) is 0 Å². The van der Waals surface area contributed by atoms with Gasteiger partial charge in [0.1, 0.15) is 5.69 Å². The lowest BCUT2D eigenvalue weighted by molar-refractivity contribution is 0.809. The Morgan fingerprint density at radius 2 is 1.94 bits per heavy atom. The molecule has 2 heterocycles. The van der Waals surface area contributed by atoms with Crippen molar-refractivity contribution >= 4 is 17.0 Å². The zero-order chi connectivity index (χ0) is 11.7. The van der Waals surface area contributed by atoms with E-state index in [0.717, 1.165) is 21.9 Å². The Hall–Kier alpha value is -2.14. The summed E-state index contributed by atoms with van der Waals surface area (Å²) >= 11 is 1.67. The highest BCUT2D eigenvalue weighted by atomic mass is 32.1. The lowest BCUT2D eigenvalue weighted by atomic mass is 10.2. The van der Waals surface area contributed by atoms with Gasteiger partial charge in [-0.3, -0.25) is 0 Å². The van der Waals surface area contributed by atoms with E-state index in [1.165, 1.54) is 0 Å². The van der Waals surface area contributed by atoms with Crippen molar-refractivity contribution in [2.45, 2.75) is 0 Å².